The van der Waals surface area contributed by atoms with Crippen molar-refractivity contribution in [2.45, 2.75) is 31.3 Å². The molecule has 1 aromatic rings. The van der Waals surface area contributed by atoms with Crippen LogP contribution in [0.25, 0.3) is 0 Å². The molecule has 1 fully saturated rings. The van der Waals surface area contributed by atoms with Gasteiger partial charge in [0.2, 0.25) is 0 Å². The molecule has 0 saturated carbocycles. The van der Waals surface area contributed by atoms with Gasteiger partial charge in [0, 0.05) is 19.1 Å². The van der Waals surface area contributed by atoms with Gasteiger partial charge in [0.05, 0.1) is 0 Å². The molecule has 4 nitrogen and oxygen atoms in total. The second-order valence-corrected chi connectivity index (χ2v) is 5.16. The van der Waals surface area contributed by atoms with Crippen molar-refractivity contribution in [3.05, 3.63) is 35.6 Å². The van der Waals surface area contributed by atoms with E-state index in [0.29, 0.717) is 19.5 Å². The maximum Gasteiger partial charge on any atom is 0.325 e. The molecule has 0 aromatic heterocycles. The Morgan fingerprint density at radius 3 is 2.63 bits per heavy atom. The van der Waals surface area contributed by atoms with Crippen LogP contribution in [0.2, 0.25) is 0 Å². The van der Waals surface area contributed by atoms with Crippen molar-refractivity contribution in [2.75, 3.05) is 13.1 Å². The van der Waals surface area contributed by atoms with Crippen LogP contribution in [0.3, 0.4) is 0 Å². The molecule has 0 spiro atoms. The molecule has 1 saturated heterocycles. The molecule has 0 radical (unpaired) electrons. The molecule has 2 rings (SSSR count). The highest BCUT2D eigenvalue weighted by Crippen LogP contribution is 2.31. The van der Waals surface area contributed by atoms with Gasteiger partial charge in [0.15, 0.2) is 0 Å². The van der Waals surface area contributed by atoms with E-state index in [2.05, 4.69) is 4.90 Å². The van der Waals surface area contributed by atoms with Crippen molar-refractivity contribution < 1.29 is 14.3 Å². The number of carboxylic acid groups (broad SMARTS) is 1. The van der Waals surface area contributed by atoms with Gasteiger partial charge in [-0.1, -0.05) is 19.1 Å². The first-order chi connectivity index (χ1) is 8.96. The van der Waals surface area contributed by atoms with E-state index in [0.717, 1.165) is 12.0 Å². The van der Waals surface area contributed by atoms with E-state index < -0.39 is 11.5 Å². The molecule has 1 aromatic carbocycles. The lowest BCUT2D eigenvalue weighted by molar-refractivity contribution is -0.142. The molecule has 1 aliphatic rings. The highest BCUT2D eigenvalue weighted by Gasteiger charge is 2.43. The van der Waals surface area contributed by atoms with Gasteiger partial charge >= 0.3 is 5.97 Å². The van der Waals surface area contributed by atoms with E-state index in [-0.39, 0.29) is 11.9 Å². The number of carbonyl (C=O) groups is 1. The first-order valence-electron chi connectivity index (χ1n) is 6.48. The number of nitrogens with two attached hydrogens (primary N) is 1. The summed E-state index contributed by atoms with van der Waals surface area (Å²) >= 11 is 0. The molecular weight excluding hydrogens is 247 g/mol. The van der Waals surface area contributed by atoms with Crippen LogP contribution in [-0.4, -0.2) is 34.6 Å². The third-order valence-electron chi connectivity index (χ3n) is 3.84. The van der Waals surface area contributed by atoms with E-state index in [1.165, 1.54) is 12.1 Å². The van der Waals surface area contributed by atoms with Crippen LogP contribution in [-0.2, 0) is 4.79 Å². The number of halogens is 1. The molecule has 0 amide bonds. The average Bonchev–Trinajstić information content (AvgIpc) is 2.77. The Morgan fingerprint density at radius 1 is 1.53 bits per heavy atom. The highest BCUT2D eigenvalue weighted by atomic mass is 19.1. The SMILES string of the molecule is CCC(c1ccc(F)cc1)N1CCC(N)(C(=O)O)C1. The fourth-order valence-corrected chi connectivity index (χ4v) is 2.69. The molecule has 104 valence electrons. The topological polar surface area (TPSA) is 66.6 Å². The minimum atomic E-state index is -1.16. The molecule has 1 aliphatic heterocycles. The number of benzene rings is 1. The van der Waals surface area contributed by atoms with Gasteiger partial charge in [-0.2, -0.15) is 0 Å². The monoisotopic (exact) mass is 266 g/mol. The zero-order valence-electron chi connectivity index (χ0n) is 11.0. The van der Waals surface area contributed by atoms with Crippen LogP contribution in [0.4, 0.5) is 4.39 Å². The lowest BCUT2D eigenvalue weighted by Crippen LogP contribution is -2.50. The molecule has 19 heavy (non-hydrogen) atoms. The summed E-state index contributed by atoms with van der Waals surface area (Å²) < 4.78 is 12.9. The van der Waals surface area contributed by atoms with Crippen molar-refractivity contribution in [1.29, 1.82) is 0 Å². The highest BCUT2D eigenvalue weighted by molar-refractivity contribution is 5.79. The van der Waals surface area contributed by atoms with Crippen LogP contribution in [0.1, 0.15) is 31.4 Å². The number of likely N-dealkylation sites (tertiary alicyclic amines) is 1. The Morgan fingerprint density at radius 2 is 2.16 bits per heavy atom. The van der Waals surface area contributed by atoms with E-state index in [1.807, 2.05) is 6.92 Å². The number of carboxylic acids is 1. The maximum atomic E-state index is 12.9. The summed E-state index contributed by atoms with van der Waals surface area (Å²) in [6, 6.07) is 6.45. The molecule has 0 aliphatic carbocycles. The summed E-state index contributed by atoms with van der Waals surface area (Å²) in [4.78, 5) is 13.2. The van der Waals surface area contributed by atoms with Gasteiger partial charge < -0.3 is 10.8 Å². The standard InChI is InChI=1S/C14H19FN2O2/c1-2-12(10-3-5-11(15)6-4-10)17-8-7-14(16,9-17)13(18)19/h3-6,12H,2,7-9,16H2,1H3,(H,18,19). The molecule has 2 unspecified atom stereocenters. The van der Waals surface area contributed by atoms with Crippen LogP contribution < -0.4 is 5.73 Å². The lowest BCUT2D eigenvalue weighted by atomic mass is 10.00. The van der Waals surface area contributed by atoms with Crippen molar-refractivity contribution in [1.82, 2.24) is 4.90 Å². The fraction of sp³-hybridized carbons (Fsp3) is 0.500. The van der Waals surface area contributed by atoms with E-state index >= 15 is 0 Å². The summed E-state index contributed by atoms with van der Waals surface area (Å²) in [6.45, 7) is 3.02. The normalized spacial score (nSPS) is 25.4. The van der Waals surface area contributed by atoms with Gasteiger partial charge in [-0.3, -0.25) is 9.69 Å². The summed E-state index contributed by atoms with van der Waals surface area (Å²) in [5.74, 6) is -1.22. The Kier molecular flexibility index (Phi) is 3.87. The zero-order valence-corrected chi connectivity index (χ0v) is 11.0. The zero-order chi connectivity index (χ0) is 14.0. The Bertz CT molecular complexity index is 463. The third-order valence-corrected chi connectivity index (χ3v) is 3.84. The predicted octanol–water partition coefficient (Wildman–Crippen LogP) is 1.76. The van der Waals surface area contributed by atoms with Crippen molar-refractivity contribution in [2.24, 2.45) is 5.73 Å². The minimum absolute atomic E-state index is 0.0883. The van der Waals surface area contributed by atoms with Crippen molar-refractivity contribution in [3.63, 3.8) is 0 Å². The molecule has 5 heteroatoms. The van der Waals surface area contributed by atoms with Crippen molar-refractivity contribution >= 4 is 5.97 Å². The summed E-state index contributed by atoms with van der Waals surface area (Å²) in [6.07, 6.45) is 1.28. The second kappa shape index (κ2) is 5.27. The molecule has 3 N–H and O–H groups in total. The van der Waals surface area contributed by atoms with Gasteiger partial charge in [0.1, 0.15) is 11.4 Å². The predicted molar refractivity (Wildman–Crippen MR) is 70.2 cm³/mol. The largest absolute Gasteiger partial charge is 0.480 e. The summed E-state index contributed by atoms with van der Waals surface area (Å²) in [5.41, 5.74) is 5.73. The fourth-order valence-electron chi connectivity index (χ4n) is 2.69. The van der Waals surface area contributed by atoms with Gasteiger partial charge in [-0.15, -0.1) is 0 Å². The van der Waals surface area contributed by atoms with Gasteiger partial charge in [0.25, 0.3) is 0 Å². The quantitative estimate of drug-likeness (QED) is 0.871. The molecule has 0 bridgehead atoms. The van der Waals surface area contributed by atoms with E-state index in [4.69, 9.17) is 10.8 Å². The molecule has 2 atom stereocenters. The van der Waals surface area contributed by atoms with Gasteiger partial charge in [-0.25, -0.2) is 4.39 Å². The van der Waals surface area contributed by atoms with E-state index in [9.17, 15) is 9.18 Å². The van der Waals surface area contributed by atoms with Crippen LogP contribution in [0, 0.1) is 5.82 Å². The molecular formula is C14H19FN2O2. The number of hydrogen-bond donors (Lipinski definition) is 2. The Labute approximate surface area is 112 Å². The lowest BCUT2D eigenvalue weighted by Gasteiger charge is -2.28. The van der Waals surface area contributed by atoms with Crippen LogP contribution in [0.15, 0.2) is 24.3 Å². The number of hydrogen-bond acceptors (Lipinski definition) is 3. The van der Waals surface area contributed by atoms with Gasteiger partial charge in [-0.05, 0) is 30.5 Å². The van der Waals surface area contributed by atoms with E-state index in [1.54, 1.807) is 12.1 Å². The number of aliphatic carboxylic acids is 1. The minimum Gasteiger partial charge on any atom is -0.480 e. The Hall–Kier alpha value is -1.46. The first-order valence-corrected chi connectivity index (χ1v) is 6.48. The van der Waals surface area contributed by atoms with Crippen LogP contribution in [0.5, 0.6) is 0 Å². The third kappa shape index (κ3) is 2.77. The summed E-state index contributed by atoms with van der Waals surface area (Å²) in [7, 11) is 0. The second-order valence-electron chi connectivity index (χ2n) is 5.16. The number of rotatable bonds is 4. The van der Waals surface area contributed by atoms with Crippen molar-refractivity contribution in [3.8, 4) is 0 Å². The van der Waals surface area contributed by atoms with Crippen LogP contribution >= 0.6 is 0 Å². The summed E-state index contributed by atoms with van der Waals surface area (Å²) in [5, 5.41) is 9.15. The maximum absolute atomic E-state index is 12.9. The average molecular weight is 266 g/mol. The number of nitrogens with zero attached hydrogens (tertiary/aromatic N) is 1. The first kappa shape index (κ1) is 14.0. The Balaban J connectivity index is 2.16. The molecule has 1 heterocycles. The smallest absolute Gasteiger partial charge is 0.325 e.